The number of amides is 1. The van der Waals surface area contributed by atoms with Crippen LogP contribution in [0.4, 0.5) is 11.4 Å². The number of fused-ring (bicyclic) bond motifs is 2. The monoisotopic (exact) mass is 425 g/mol. The van der Waals surface area contributed by atoms with Gasteiger partial charge in [-0.1, -0.05) is 47.6 Å². The van der Waals surface area contributed by atoms with Crippen LogP contribution in [0.15, 0.2) is 82.6 Å². The summed E-state index contributed by atoms with van der Waals surface area (Å²) in [6.45, 7) is -0.673. The fourth-order valence-corrected chi connectivity index (χ4v) is 4.08. The molecule has 3 aromatic rings. The van der Waals surface area contributed by atoms with Crippen LogP contribution < -0.4 is 9.64 Å². The lowest BCUT2D eigenvalue weighted by Gasteiger charge is -2.30. The first-order valence-corrected chi connectivity index (χ1v) is 10.0. The number of ether oxygens (including phenoxy) is 2. The van der Waals surface area contributed by atoms with Gasteiger partial charge in [-0.05, 0) is 48.5 Å². The summed E-state index contributed by atoms with van der Waals surface area (Å²) < 4.78 is 10.5. The maximum absolute atomic E-state index is 12.9. The SMILES string of the molecule is O=C(COc1ccc(Cl)cc1)OCC(=O)N1c2ccccc2Sc2ccccc21. The van der Waals surface area contributed by atoms with Crippen molar-refractivity contribution in [3.05, 3.63) is 77.8 Å². The van der Waals surface area contributed by atoms with Gasteiger partial charge in [0.1, 0.15) is 5.75 Å². The van der Waals surface area contributed by atoms with Crippen molar-refractivity contribution in [3.8, 4) is 5.75 Å². The Kier molecular flexibility index (Phi) is 5.74. The van der Waals surface area contributed by atoms with Gasteiger partial charge in [0.25, 0.3) is 5.91 Å². The molecule has 0 radical (unpaired) electrons. The Labute approximate surface area is 177 Å². The van der Waals surface area contributed by atoms with Crippen LogP contribution in [0.1, 0.15) is 0 Å². The fraction of sp³-hybridized carbons (Fsp3) is 0.0909. The van der Waals surface area contributed by atoms with Gasteiger partial charge >= 0.3 is 5.97 Å². The van der Waals surface area contributed by atoms with Crippen LogP contribution in [0.3, 0.4) is 0 Å². The lowest BCUT2D eigenvalue weighted by molar-refractivity contribution is -0.149. The minimum atomic E-state index is -0.624. The van der Waals surface area contributed by atoms with Crippen molar-refractivity contribution < 1.29 is 19.1 Å². The number of para-hydroxylation sites is 2. The molecule has 0 aliphatic carbocycles. The summed E-state index contributed by atoms with van der Waals surface area (Å²) in [5.74, 6) is -0.458. The Morgan fingerprint density at radius 3 is 2.03 bits per heavy atom. The molecule has 0 saturated heterocycles. The number of esters is 1. The number of hydrogen-bond donors (Lipinski definition) is 0. The lowest BCUT2D eigenvalue weighted by atomic mass is 10.2. The van der Waals surface area contributed by atoms with E-state index in [9.17, 15) is 9.59 Å². The van der Waals surface area contributed by atoms with Crippen molar-refractivity contribution in [2.24, 2.45) is 0 Å². The van der Waals surface area contributed by atoms with Crippen molar-refractivity contribution >= 4 is 46.6 Å². The minimum Gasteiger partial charge on any atom is -0.482 e. The van der Waals surface area contributed by atoms with Gasteiger partial charge in [0, 0.05) is 14.8 Å². The molecule has 1 aliphatic heterocycles. The summed E-state index contributed by atoms with van der Waals surface area (Å²) in [6, 6.07) is 21.9. The number of rotatable bonds is 5. The predicted molar refractivity (Wildman–Crippen MR) is 112 cm³/mol. The van der Waals surface area contributed by atoms with E-state index in [1.807, 2.05) is 48.5 Å². The highest BCUT2D eigenvalue weighted by Gasteiger charge is 2.28. The van der Waals surface area contributed by atoms with Crippen molar-refractivity contribution in [2.75, 3.05) is 18.1 Å². The highest BCUT2D eigenvalue weighted by atomic mass is 35.5. The van der Waals surface area contributed by atoms with E-state index in [4.69, 9.17) is 21.1 Å². The van der Waals surface area contributed by atoms with Crippen molar-refractivity contribution in [2.45, 2.75) is 9.79 Å². The van der Waals surface area contributed by atoms with Gasteiger partial charge < -0.3 is 9.47 Å². The quantitative estimate of drug-likeness (QED) is 0.533. The molecule has 0 fully saturated rings. The van der Waals surface area contributed by atoms with Gasteiger partial charge in [0.05, 0.1) is 11.4 Å². The molecule has 4 rings (SSSR count). The smallest absolute Gasteiger partial charge is 0.344 e. The maximum atomic E-state index is 12.9. The van der Waals surface area contributed by atoms with E-state index < -0.39 is 5.97 Å². The molecule has 0 unspecified atom stereocenters. The second kappa shape index (κ2) is 8.59. The van der Waals surface area contributed by atoms with Crippen LogP contribution in [0.25, 0.3) is 0 Å². The lowest BCUT2D eigenvalue weighted by Crippen LogP contribution is -2.33. The van der Waals surface area contributed by atoms with Crippen molar-refractivity contribution in [1.82, 2.24) is 0 Å². The maximum Gasteiger partial charge on any atom is 0.344 e. The normalized spacial score (nSPS) is 12.0. The Morgan fingerprint density at radius 2 is 1.41 bits per heavy atom. The second-order valence-corrected chi connectivity index (χ2v) is 7.69. The average molecular weight is 426 g/mol. The molecule has 0 aromatic heterocycles. The molecule has 1 aliphatic rings. The van der Waals surface area contributed by atoms with Gasteiger partial charge in [0.15, 0.2) is 13.2 Å². The standard InChI is InChI=1S/C22H16ClNO4S/c23-15-9-11-16(12-10-15)27-14-22(26)28-13-21(25)24-17-5-1-3-7-19(17)29-20-8-4-2-6-18(20)24/h1-12H,13-14H2. The third-order valence-corrected chi connectivity index (χ3v) is 5.59. The summed E-state index contributed by atoms with van der Waals surface area (Å²) in [7, 11) is 0. The summed E-state index contributed by atoms with van der Waals surface area (Å²) in [4.78, 5) is 28.5. The van der Waals surface area contributed by atoms with Gasteiger partial charge in [-0.3, -0.25) is 9.69 Å². The Hall–Kier alpha value is -2.96. The molecule has 146 valence electrons. The van der Waals surface area contributed by atoms with Crippen molar-refractivity contribution in [3.63, 3.8) is 0 Å². The Morgan fingerprint density at radius 1 is 0.828 bits per heavy atom. The van der Waals surface area contributed by atoms with E-state index in [1.54, 1.807) is 40.9 Å². The van der Waals surface area contributed by atoms with E-state index in [0.717, 1.165) is 21.2 Å². The van der Waals surface area contributed by atoms with Crippen LogP contribution in [0, 0.1) is 0 Å². The van der Waals surface area contributed by atoms with E-state index in [-0.39, 0.29) is 19.1 Å². The van der Waals surface area contributed by atoms with E-state index >= 15 is 0 Å². The number of carbonyl (C=O) groups excluding carboxylic acids is 2. The third kappa shape index (κ3) is 4.39. The van der Waals surface area contributed by atoms with Crippen LogP contribution in [0.2, 0.25) is 5.02 Å². The molecule has 1 heterocycles. The number of anilines is 2. The second-order valence-electron chi connectivity index (χ2n) is 6.17. The summed E-state index contributed by atoms with van der Waals surface area (Å²) in [5.41, 5.74) is 1.55. The number of benzene rings is 3. The molecule has 0 atom stereocenters. The molecule has 0 bridgehead atoms. The first kappa shape index (κ1) is 19.4. The third-order valence-electron chi connectivity index (χ3n) is 4.21. The zero-order chi connectivity index (χ0) is 20.2. The molecule has 0 N–H and O–H groups in total. The van der Waals surface area contributed by atoms with Gasteiger partial charge in [-0.25, -0.2) is 4.79 Å². The molecule has 7 heteroatoms. The number of nitrogens with zero attached hydrogens (tertiary/aromatic N) is 1. The molecule has 3 aromatic carbocycles. The zero-order valence-electron chi connectivity index (χ0n) is 15.2. The van der Waals surface area contributed by atoms with E-state index in [1.165, 1.54) is 0 Å². The Bertz CT molecular complexity index is 1010. The molecular formula is C22H16ClNO4S. The van der Waals surface area contributed by atoms with Gasteiger partial charge in [-0.15, -0.1) is 0 Å². The summed E-state index contributed by atoms with van der Waals surface area (Å²) in [5, 5.41) is 0.575. The zero-order valence-corrected chi connectivity index (χ0v) is 16.8. The fourth-order valence-electron chi connectivity index (χ4n) is 2.89. The highest BCUT2D eigenvalue weighted by molar-refractivity contribution is 7.99. The van der Waals surface area contributed by atoms with Crippen LogP contribution >= 0.6 is 23.4 Å². The summed E-state index contributed by atoms with van der Waals surface area (Å²) >= 11 is 7.42. The van der Waals surface area contributed by atoms with Gasteiger partial charge in [0.2, 0.25) is 0 Å². The number of carbonyl (C=O) groups is 2. The number of hydrogen-bond acceptors (Lipinski definition) is 5. The molecule has 0 saturated carbocycles. The topological polar surface area (TPSA) is 55.8 Å². The molecule has 0 spiro atoms. The van der Waals surface area contributed by atoms with E-state index in [2.05, 4.69) is 0 Å². The predicted octanol–water partition coefficient (Wildman–Crippen LogP) is 5.09. The largest absolute Gasteiger partial charge is 0.482 e. The van der Waals surface area contributed by atoms with Crippen LogP contribution in [0.5, 0.6) is 5.75 Å². The first-order chi connectivity index (χ1) is 14.1. The van der Waals surface area contributed by atoms with Crippen molar-refractivity contribution in [1.29, 1.82) is 0 Å². The molecule has 5 nitrogen and oxygen atoms in total. The minimum absolute atomic E-state index is 0.294. The summed E-state index contributed by atoms with van der Waals surface area (Å²) in [6.07, 6.45) is 0. The number of halogens is 1. The molecular weight excluding hydrogens is 410 g/mol. The first-order valence-electron chi connectivity index (χ1n) is 8.85. The van der Waals surface area contributed by atoms with E-state index in [0.29, 0.717) is 10.8 Å². The van der Waals surface area contributed by atoms with Crippen LogP contribution in [-0.4, -0.2) is 25.1 Å². The van der Waals surface area contributed by atoms with Crippen LogP contribution in [-0.2, 0) is 14.3 Å². The molecule has 1 amide bonds. The average Bonchev–Trinajstić information content (AvgIpc) is 2.75. The molecule has 29 heavy (non-hydrogen) atoms. The Balaban J connectivity index is 1.42. The van der Waals surface area contributed by atoms with Gasteiger partial charge in [-0.2, -0.15) is 0 Å². The highest BCUT2D eigenvalue weighted by Crippen LogP contribution is 2.47.